The molecule has 2 aromatic rings. The minimum atomic E-state index is -0.494. The van der Waals surface area contributed by atoms with Gasteiger partial charge in [-0.05, 0) is 23.8 Å². The van der Waals surface area contributed by atoms with Gasteiger partial charge in [-0.25, -0.2) is 0 Å². The number of methoxy groups -OCH3 is 2. The highest BCUT2D eigenvalue weighted by Gasteiger charge is 2.16. The Morgan fingerprint density at radius 1 is 0.957 bits per heavy atom. The summed E-state index contributed by atoms with van der Waals surface area (Å²) in [5.74, 6) is -0.728. The molecule has 0 saturated heterocycles. The summed E-state index contributed by atoms with van der Waals surface area (Å²) in [5.41, 5.74) is 0.581. The molecule has 120 valence electrons. The molecule has 3 N–H and O–H groups in total. The summed E-state index contributed by atoms with van der Waals surface area (Å²) in [5, 5.41) is 28.8. The first-order valence-electron chi connectivity index (χ1n) is 6.65. The number of aromatic hydroxyl groups is 3. The normalized spacial score (nSPS) is 10.7. The highest BCUT2D eigenvalue weighted by atomic mass is 16.5. The maximum absolute atomic E-state index is 12.3. The number of ketones is 1. The van der Waals surface area contributed by atoms with E-state index in [1.807, 2.05) is 0 Å². The molecule has 0 spiro atoms. The Labute approximate surface area is 132 Å². The van der Waals surface area contributed by atoms with Gasteiger partial charge in [0.05, 0.1) is 14.2 Å². The van der Waals surface area contributed by atoms with E-state index < -0.39 is 5.78 Å². The third kappa shape index (κ3) is 3.55. The molecule has 0 aliphatic heterocycles. The molecule has 2 aromatic carbocycles. The second kappa shape index (κ2) is 6.74. The van der Waals surface area contributed by atoms with Crippen LogP contribution in [0.15, 0.2) is 36.4 Å². The Bertz CT molecular complexity index is 764. The topological polar surface area (TPSA) is 96.2 Å². The zero-order valence-electron chi connectivity index (χ0n) is 12.6. The maximum Gasteiger partial charge on any atom is 0.193 e. The SMILES string of the molecule is COc1cc(/C=C/C(=O)c2c(O)cc(O)cc2OC)ccc1O. The highest BCUT2D eigenvalue weighted by molar-refractivity contribution is 6.10. The molecule has 0 atom stereocenters. The Morgan fingerprint density at radius 2 is 1.65 bits per heavy atom. The van der Waals surface area contributed by atoms with Crippen molar-refractivity contribution < 1.29 is 29.6 Å². The van der Waals surface area contributed by atoms with E-state index in [1.54, 1.807) is 12.1 Å². The second-order valence-electron chi connectivity index (χ2n) is 4.67. The number of phenols is 3. The van der Waals surface area contributed by atoms with Crippen LogP contribution in [0.2, 0.25) is 0 Å². The number of ether oxygens (including phenoxy) is 2. The smallest absolute Gasteiger partial charge is 0.193 e. The Balaban J connectivity index is 2.32. The summed E-state index contributed by atoms with van der Waals surface area (Å²) in [6.45, 7) is 0. The van der Waals surface area contributed by atoms with Crippen LogP contribution in [-0.2, 0) is 0 Å². The van der Waals surface area contributed by atoms with Gasteiger partial charge in [-0.2, -0.15) is 0 Å². The fourth-order valence-electron chi connectivity index (χ4n) is 2.05. The van der Waals surface area contributed by atoms with Gasteiger partial charge in [0.25, 0.3) is 0 Å². The zero-order valence-corrected chi connectivity index (χ0v) is 12.6. The van der Waals surface area contributed by atoms with Crippen molar-refractivity contribution in [2.24, 2.45) is 0 Å². The summed E-state index contributed by atoms with van der Waals surface area (Å²) in [4.78, 5) is 12.3. The lowest BCUT2D eigenvalue weighted by Gasteiger charge is -2.08. The first kappa shape index (κ1) is 16.2. The molecule has 0 aliphatic rings. The van der Waals surface area contributed by atoms with E-state index in [0.717, 1.165) is 6.07 Å². The lowest BCUT2D eigenvalue weighted by atomic mass is 10.1. The van der Waals surface area contributed by atoms with Gasteiger partial charge in [-0.3, -0.25) is 4.79 Å². The van der Waals surface area contributed by atoms with Gasteiger partial charge in [0.2, 0.25) is 0 Å². The van der Waals surface area contributed by atoms with E-state index in [2.05, 4.69) is 0 Å². The summed E-state index contributed by atoms with van der Waals surface area (Å²) >= 11 is 0. The van der Waals surface area contributed by atoms with Gasteiger partial charge in [-0.15, -0.1) is 0 Å². The Hall–Kier alpha value is -3.15. The number of rotatable bonds is 5. The molecule has 0 fully saturated rings. The minimum absolute atomic E-state index is 0.00572. The Kier molecular flexibility index (Phi) is 4.75. The van der Waals surface area contributed by atoms with Crippen LogP contribution in [0.1, 0.15) is 15.9 Å². The van der Waals surface area contributed by atoms with Crippen molar-refractivity contribution in [3.63, 3.8) is 0 Å². The molecule has 0 radical (unpaired) electrons. The predicted octanol–water partition coefficient (Wildman–Crippen LogP) is 2.72. The molecule has 6 nitrogen and oxygen atoms in total. The lowest BCUT2D eigenvalue weighted by molar-refractivity contribution is 0.104. The standard InChI is InChI=1S/C17H16O6/c1-22-15-7-10(3-5-12(15)19)4-6-13(20)17-14(21)8-11(18)9-16(17)23-2/h3-9,18-19,21H,1-2H3/b6-4+. The van der Waals surface area contributed by atoms with Crippen molar-refractivity contribution >= 4 is 11.9 Å². The molecule has 6 heteroatoms. The molecule has 0 aliphatic carbocycles. The quantitative estimate of drug-likeness (QED) is 0.580. The van der Waals surface area contributed by atoms with E-state index in [0.29, 0.717) is 5.56 Å². The predicted molar refractivity (Wildman–Crippen MR) is 84.3 cm³/mol. The monoisotopic (exact) mass is 316 g/mol. The third-order valence-electron chi connectivity index (χ3n) is 3.16. The molecule has 23 heavy (non-hydrogen) atoms. The van der Waals surface area contributed by atoms with Gasteiger partial charge in [0.1, 0.15) is 22.8 Å². The molecule has 0 unspecified atom stereocenters. The van der Waals surface area contributed by atoms with Crippen LogP contribution in [0.5, 0.6) is 28.7 Å². The summed E-state index contributed by atoms with van der Waals surface area (Å²) < 4.78 is 9.99. The van der Waals surface area contributed by atoms with Crippen molar-refractivity contribution in [2.75, 3.05) is 14.2 Å². The molecule has 0 saturated carbocycles. The van der Waals surface area contributed by atoms with E-state index in [-0.39, 0.29) is 34.3 Å². The van der Waals surface area contributed by atoms with Gasteiger partial charge in [-0.1, -0.05) is 12.1 Å². The summed E-state index contributed by atoms with van der Waals surface area (Å²) in [7, 11) is 2.76. The van der Waals surface area contributed by atoms with E-state index in [1.165, 1.54) is 38.5 Å². The number of phenolic OH excluding ortho intramolecular Hbond substituents is 3. The molecule has 0 heterocycles. The first-order valence-corrected chi connectivity index (χ1v) is 6.65. The van der Waals surface area contributed by atoms with E-state index in [9.17, 15) is 20.1 Å². The number of carbonyl (C=O) groups excluding carboxylic acids is 1. The number of hydrogen-bond donors (Lipinski definition) is 3. The van der Waals surface area contributed by atoms with Crippen LogP contribution in [0.4, 0.5) is 0 Å². The van der Waals surface area contributed by atoms with Crippen molar-refractivity contribution in [1.29, 1.82) is 0 Å². The number of benzene rings is 2. The molecular formula is C17H16O6. The third-order valence-corrected chi connectivity index (χ3v) is 3.16. The van der Waals surface area contributed by atoms with Crippen molar-refractivity contribution in [1.82, 2.24) is 0 Å². The fraction of sp³-hybridized carbons (Fsp3) is 0.118. The van der Waals surface area contributed by atoms with Crippen LogP contribution >= 0.6 is 0 Å². The lowest BCUT2D eigenvalue weighted by Crippen LogP contribution is -1.99. The summed E-state index contributed by atoms with van der Waals surface area (Å²) in [6, 6.07) is 6.92. The maximum atomic E-state index is 12.3. The van der Waals surface area contributed by atoms with Crippen LogP contribution in [-0.4, -0.2) is 35.3 Å². The number of carbonyl (C=O) groups is 1. The van der Waals surface area contributed by atoms with E-state index >= 15 is 0 Å². The van der Waals surface area contributed by atoms with Gasteiger partial charge in [0, 0.05) is 12.1 Å². The van der Waals surface area contributed by atoms with Gasteiger partial charge < -0.3 is 24.8 Å². The molecule has 0 aromatic heterocycles. The van der Waals surface area contributed by atoms with Crippen LogP contribution in [0.3, 0.4) is 0 Å². The molecule has 0 amide bonds. The van der Waals surface area contributed by atoms with Crippen molar-refractivity contribution in [3.05, 3.63) is 47.5 Å². The number of hydrogen-bond acceptors (Lipinski definition) is 6. The van der Waals surface area contributed by atoms with Crippen LogP contribution < -0.4 is 9.47 Å². The minimum Gasteiger partial charge on any atom is -0.508 e. The fourth-order valence-corrected chi connectivity index (χ4v) is 2.05. The second-order valence-corrected chi connectivity index (χ2v) is 4.67. The zero-order chi connectivity index (χ0) is 17.0. The van der Waals surface area contributed by atoms with Gasteiger partial charge >= 0.3 is 0 Å². The van der Waals surface area contributed by atoms with Crippen LogP contribution in [0.25, 0.3) is 6.08 Å². The highest BCUT2D eigenvalue weighted by Crippen LogP contribution is 2.33. The van der Waals surface area contributed by atoms with E-state index in [4.69, 9.17) is 9.47 Å². The molecule has 0 bridgehead atoms. The van der Waals surface area contributed by atoms with Crippen molar-refractivity contribution in [2.45, 2.75) is 0 Å². The molecular weight excluding hydrogens is 300 g/mol. The Morgan fingerprint density at radius 3 is 2.30 bits per heavy atom. The van der Waals surface area contributed by atoms with Crippen LogP contribution in [0, 0.1) is 0 Å². The number of allylic oxidation sites excluding steroid dienone is 1. The van der Waals surface area contributed by atoms with Gasteiger partial charge in [0.15, 0.2) is 17.3 Å². The summed E-state index contributed by atoms with van der Waals surface area (Å²) in [6.07, 6.45) is 2.76. The average Bonchev–Trinajstić information content (AvgIpc) is 2.52. The molecule has 2 rings (SSSR count). The van der Waals surface area contributed by atoms with Crippen molar-refractivity contribution in [3.8, 4) is 28.7 Å². The largest absolute Gasteiger partial charge is 0.508 e. The average molecular weight is 316 g/mol. The first-order chi connectivity index (χ1) is 11.0.